The van der Waals surface area contributed by atoms with Crippen LogP contribution in [0.5, 0.6) is 5.75 Å². The molecule has 1 amide bonds. The zero-order valence-corrected chi connectivity index (χ0v) is 13.9. The highest BCUT2D eigenvalue weighted by molar-refractivity contribution is 9.10. The standard InChI is InChI=1S/C16H12BrFN4O2/c17-11-6-2-1-5-10(11)15-20-16(22-21-15)19-14(23)9-24-13-8-4-3-7-12(13)18/h1-8H,9H2,(H2,19,20,21,22,23). The number of H-pyrrole nitrogens is 1. The van der Waals surface area contributed by atoms with E-state index in [2.05, 4.69) is 36.4 Å². The molecule has 0 bridgehead atoms. The van der Waals surface area contributed by atoms with Gasteiger partial charge in [0.2, 0.25) is 5.95 Å². The molecule has 2 N–H and O–H groups in total. The molecule has 6 nitrogen and oxygen atoms in total. The Hall–Kier alpha value is -2.74. The number of nitrogens with one attached hydrogen (secondary N) is 2. The molecular formula is C16H12BrFN4O2. The van der Waals surface area contributed by atoms with Gasteiger partial charge in [-0.2, -0.15) is 4.98 Å². The smallest absolute Gasteiger partial charge is 0.264 e. The molecule has 8 heteroatoms. The van der Waals surface area contributed by atoms with Crippen molar-refractivity contribution in [1.82, 2.24) is 15.2 Å². The summed E-state index contributed by atoms with van der Waals surface area (Å²) in [7, 11) is 0. The van der Waals surface area contributed by atoms with E-state index in [1.807, 2.05) is 24.3 Å². The second-order valence-electron chi connectivity index (χ2n) is 4.75. The monoisotopic (exact) mass is 390 g/mol. The summed E-state index contributed by atoms with van der Waals surface area (Å²) < 4.78 is 19.4. The topological polar surface area (TPSA) is 79.9 Å². The highest BCUT2D eigenvalue weighted by Crippen LogP contribution is 2.25. The maximum absolute atomic E-state index is 13.4. The van der Waals surface area contributed by atoms with E-state index in [1.165, 1.54) is 12.1 Å². The van der Waals surface area contributed by atoms with E-state index in [1.54, 1.807) is 12.1 Å². The van der Waals surface area contributed by atoms with Crippen LogP contribution in [0.25, 0.3) is 11.4 Å². The van der Waals surface area contributed by atoms with Crippen molar-refractivity contribution in [2.45, 2.75) is 0 Å². The summed E-state index contributed by atoms with van der Waals surface area (Å²) in [5.41, 5.74) is 0.813. The molecular weight excluding hydrogens is 379 g/mol. The van der Waals surface area contributed by atoms with Crippen LogP contribution >= 0.6 is 15.9 Å². The first kappa shape index (κ1) is 16.1. The third-order valence-electron chi connectivity index (χ3n) is 3.06. The number of carbonyl (C=O) groups is 1. The van der Waals surface area contributed by atoms with Gasteiger partial charge >= 0.3 is 0 Å². The molecule has 0 unspecified atom stereocenters. The fourth-order valence-electron chi connectivity index (χ4n) is 1.96. The average Bonchev–Trinajstić information content (AvgIpc) is 3.03. The minimum atomic E-state index is -0.528. The van der Waals surface area contributed by atoms with Crippen molar-refractivity contribution in [1.29, 1.82) is 0 Å². The number of ether oxygens (including phenoxy) is 1. The number of amides is 1. The Bertz CT molecular complexity index is 869. The Morgan fingerprint density at radius 2 is 1.96 bits per heavy atom. The maximum Gasteiger partial charge on any atom is 0.264 e. The predicted octanol–water partition coefficient (Wildman–Crippen LogP) is 3.39. The van der Waals surface area contributed by atoms with Crippen molar-refractivity contribution < 1.29 is 13.9 Å². The average molecular weight is 391 g/mol. The highest BCUT2D eigenvalue weighted by atomic mass is 79.9. The fraction of sp³-hybridized carbons (Fsp3) is 0.0625. The Morgan fingerprint density at radius 3 is 2.75 bits per heavy atom. The van der Waals surface area contributed by atoms with Crippen LogP contribution in [0, 0.1) is 5.82 Å². The summed E-state index contributed by atoms with van der Waals surface area (Å²) >= 11 is 3.42. The molecule has 0 saturated carbocycles. The number of carbonyl (C=O) groups excluding carboxylic acids is 1. The van der Waals surface area contributed by atoms with E-state index < -0.39 is 11.7 Å². The normalized spacial score (nSPS) is 10.4. The summed E-state index contributed by atoms with van der Waals surface area (Å²) in [4.78, 5) is 16.0. The first-order valence-corrected chi connectivity index (χ1v) is 7.77. The summed E-state index contributed by atoms with van der Waals surface area (Å²) in [5.74, 6) is -0.387. The molecule has 2 aromatic carbocycles. The van der Waals surface area contributed by atoms with E-state index in [4.69, 9.17) is 4.74 Å². The molecule has 0 aliphatic carbocycles. The number of nitrogens with zero attached hydrogens (tertiary/aromatic N) is 2. The quantitative estimate of drug-likeness (QED) is 0.699. The predicted molar refractivity (Wildman–Crippen MR) is 90.0 cm³/mol. The number of benzene rings is 2. The fourth-order valence-corrected chi connectivity index (χ4v) is 2.43. The molecule has 0 aliphatic heterocycles. The molecule has 1 heterocycles. The molecule has 0 spiro atoms. The zero-order valence-electron chi connectivity index (χ0n) is 12.3. The van der Waals surface area contributed by atoms with Gasteiger partial charge in [0.15, 0.2) is 24.0 Å². The maximum atomic E-state index is 13.4. The Balaban J connectivity index is 1.62. The minimum Gasteiger partial charge on any atom is -0.481 e. The van der Waals surface area contributed by atoms with Crippen LogP contribution in [0.4, 0.5) is 10.3 Å². The van der Waals surface area contributed by atoms with Crippen molar-refractivity contribution in [3.8, 4) is 17.1 Å². The number of aromatic amines is 1. The third-order valence-corrected chi connectivity index (χ3v) is 3.75. The molecule has 0 saturated heterocycles. The van der Waals surface area contributed by atoms with Gasteiger partial charge in [0.05, 0.1) is 0 Å². The van der Waals surface area contributed by atoms with Crippen molar-refractivity contribution in [2.75, 3.05) is 11.9 Å². The molecule has 0 fully saturated rings. The molecule has 3 aromatic rings. The van der Waals surface area contributed by atoms with Gasteiger partial charge in [-0.05, 0) is 18.2 Å². The van der Waals surface area contributed by atoms with E-state index in [0.29, 0.717) is 5.82 Å². The number of hydrogen-bond acceptors (Lipinski definition) is 4. The number of para-hydroxylation sites is 1. The van der Waals surface area contributed by atoms with Crippen LogP contribution < -0.4 is 10.1 Å². The first-order valence-electron chi connectivity index (χ1n) is 6.98. The highest BCUT2D eigenvalue weighted by Gasteiger charge is 2.12. The van der Waals surface area contributed by atoms with E-state index in [9.17, 15) is 9.18 Å². The second-order valence-corrected chi connectivity index (χ2v) is 5.61. The Kier molecular flexibility index (Phi) is 4.85. The van der Waals surface area contributed by atoms with Gasteiger partial charge in [0.25, 0.3) is 5.91 Å². The van der Waals surface area contributed by atoms with Gasteiger partial charge in [0, 0.05) is 10.0 Å². The second kappa shape index (κ2) is 7.22. The largest absolute Gasteiger partial charge is 0.481 e. The van der Waals surface area contributed by atoms with Crippen molar-refractivity contribution in [3.05, 3.63) is 58.8 Å². The van der Waals surface area contributed by atoms with Crippen LogP contribution in [0.2, 0.25) is 0 Å². The summed E-state index contributed by atoms with van der Waals surface area (Å²) in [6.07, 6.45) is 0. The molecule has 0 radical (unpaired) electrons. The first-order chi connectivity index (χ1) is 11.6. The number of hydrogen-bond donors (Lipinski definition) is 2. The molecule has 0 atom stereocenters. The molecule has 0 aliphatic rings. The van der Waals surface area contributed by atoms with Gasteiger partial charge in [-0.1, -0.05) is 46.3 Å². The van der Waals surface area contributed by atoms with Gasteiger partial charge in [0.1, 0.15) is 0 Å². The minimum absolute atomic E-state index is 0.0107. The molecule has 3 rings (SSSR count). The van der Waals surface area contributed by atoms with E-state index in [0.717, 1.165) is 10.0 Å². The number of halogens is 2. The number of anilines is 1. The van der Waals surface area contributed by atoms with Crippen LogP contribution in [0.3, 0.4) is 0 Å². The number of aromatic nitrogens is 3. The Morgan fingerprint density at radius 1 is 1.21 bits per heavy atom. The van der Waals surface area contributed by atoms with E-state index in [-0.39, 0.29) is 18.3 Å². The molecule has 1 aromatic heterocycles. The van der Waals surface area contributed by atoms with Crippen molar-refractivity contribution in [3.63, 3.8) is 0 Å². The lowest BCUT2D eigenvalue weighted by atomic mass is 10.2. The molecule has 24 heavy (non-hydrogen) atoms. The van der Waals surface area contributed by atoms with Crippen molar-refractivity contribution in [2.24, 2.45) is 0 Å². The van der Waals surface area contributed by atoms with Gasteiger partial charge in [-0.25, -0.2) is 4.39 Å². The van der Waals surface area contributed by atoms with Crippen molar-refractivity contribution >= 4 is 27.8 Å². The van der Waals surface area contributed by atoms with E-state index >= 15 is 0 Å². The lowest BCUT2D eigenvalue weighted by Crippen LogP contribution is -2.21. The van der Waals surface area contributed by atoms with Gasteiger partial charge < -0.3 is 4.74 Å². The lowest BCUT2D eigenvalue weighted by molar-refractivity contribution is -0.118. The number of rotatable bonds is 5. The summed E-state index contributed by atoms with van der Waals surface area (Å²) in [5, 5.41) is 9.16. The summed E-state index contributed by atoms with van der Waals surface area (Å²) in [6, 6.07) is 13.3. The third kappa shape index (κ3) is 3.77. The summed E-state index contributed by atoms with van der Waals surface area (Å²) in [6.45, 7) is -0.347. The zero-order chi connectivity index (χ0) is 16.9. The molecule has 122 valence electrons. The van der Waals surface area contributed by atoms with Gasteiger partial charge in [-0.3, -0.25) is 15.2 Å². The van der Waals surface area contributed by atoms with Crippen LogP contribution in [-0.2, 0) is 4.79 Å². The van der Waals surface area contributed by atoms with Crippen LogP contribution in [-0.4, -0.2) is 27.7 Å². The SMILES string of the molecule is O=C(COc1ccccc1F)Nc1n[nH]c(-c2ccccc2Br)n1. The lowest BCUT2D eigenvalue weighted by Gasteiger charge is -2.05. The Labute approximate surface area is 145 Å². The van der Waals surface area contributed by atoms with Crippen LogP contribution in [0.1, 0.15) is 0 Å². The van der Waals surface area contributed by atoms with Gasteiger partial charge in [-0.15, -0.1) is 5.10 Å². The van der Waals surface area contributed by atoms with Crippen LogP contribution in [0.15, 0.2) is 53.0 Å².